The summed E-state index contributed by atoms with van der Waals surface area (Å²) in [5.74, 6) is 1.21. The number of methoxy groups -OCH3 is 1. The van der Waals surface area contributed by atoms with Crippen molar-refractivity contribution in [1.29, 1.82) is 0 Å². The van der Waals surface area contributed by atoms with Gasteiger partial charge in [0.2, 0.25) is 4.96 Å². The lowest BCUT2D eigenvalue weighted by Gasteiger charge is -2.12. The van der Waals surface area contributed by atoms with E-state index in [1.807, 2.05) is 30.3 Å². The van der Waals surface area contributed by atoms with Crippen LogP contribution in [0.3, 0.4) is 0 Å². The largest absolute Gasteiger partial charge is 0.496 e. The zero-order valence-electron chi connectivity index (χ0n) is 18.6. The van der Waals surface area contributed by atoms with Gasteiger partial charge in [-0.25, -0.2) is 4.98 Å². The summed E-state index contributed by atoms with van der Waals surface area (Å²) in [7, 11) is 1.54. The fraction of sp³-hybridized carbons (Fsp3) is 0.250. The smallest absolute Gasteiger partial charge is 0.275 e. The van der Waals surface area contributed by atoms with Crippen molar-refractivity contribution in [3.8, 4) is 5.75 Å². The standard InChI is InChI=1S/C24H24N4O3S2/c1-15(2)12-21-27-28-22(29)13-16(25-24(28)33-21)14-32-20-11-7-5-9-18(20)26-23(30)17-8-4-6-10-19(17)31-3/h4-11,13,15H,12,14H2,1-3H3,(H,26,30). The number of hydrogen-bond acceptors (Lipinski definition) is 7. The maximum Gasteiger partial charge on any atom is 0.275 e. The van der Waals surface area contributed by atoms with Crippen LogP contribution >= 0.6 is 23.1 Å². The van der Waals surface area contributed by atoms with Gasteiger partial charge in [0.15, 0.2) is 0 Å². The number of carbonyl (C=O) groups excluding carboxylic acids is 1. The molecule has 0 saturated carbocycles. The molecular weight excluding hydrogens is 456 g/mol. The Morgan fingerprint density at radius 2 is 1.94 bits per heavy atom. The van der Waals surface area contributed by atoms with Crippen LogP contribution in [0.4, 0.5) is 5.69 Å². The third kappa shape index (κ3) is 5.43. The summed E-state index contributed by atoms with van der Waals surface area (Å²) in [6, 6.07) is 16.2. The lowest BCUT2D eigenvalue weighted by Crippen LogP contribution is -2.15. The van der Waals surface area contributed by atoms with Gasteiger partial charge >= 0.3 is 0 Å². The second-order valence-electron chi connectivity index (χ2n) is 7.81. The SMILES string of the molecule is COc1ccccc1C(=O)Nc1ccccc1SCc1cc(=O)n2nc(CC(C)C)sc2n1. The van der Waals surface area contributed by atoms with Crippen LogP contribution in [0.15, 0.2) is 64.3 Å². The Morgan fingerprint density at radius 3 is 2.73 bits per heavy atom. The number of benzene rings is 2. The maximum atomic E-state index is 12.8. The number of para-hydroxylation sites is 2. The molecule has 7 nitrogen and oxygen atoms in total. The van der Waals surface area contributed by atoms with Crippen molar-refractivity contribution >= 4 is 39.7 Å². The van der Waals surface area contributed by atoms with Gasteiger partial charge in [-0.3, -0.25) is 9.59 Å². The first kappa shape index (κ1) is 23.0. The topological polar surface area (TPSA) is 85.6 Å². The number of aromatic nitrogens is 3. The molecule has 4 aromatic rings. The van der Waals surface area contributed by atoms with E-state index in [-0.39, 0.29) is 11.5 Å². The van der Waals surface area contributed by atoms with Crippen molar-refractivity contribution in [2.75, 3.05) is 12.4 Å². The molecule has 2 aromatic carbocycles. The molecule has 4 rings (SSSR count). The minimum absolute atomic E-state index is 0.181. The van der Waals surface area contributed by atoms with Crippen LogP contribution < -0.4 is 15.6 Å². The molecule has 0 bridgehead atoms. The van der Waals surface area contributed by atoms with Gasteiger partial charge in [-0.2, -0.15) is 9.61 Å². The molecule has 0 saturated heterocycles. The van der Waals surface area contributed by atoms with Gasteiger partial charge in [0, 0.05) is 23.1 Å². The molecule has 0 aliphatic heterocycles. The second-order valence-corrected chi connectivity index (χ2v) is 9.87. The number of fused-ring (bicyclic) bond motifs is 1. The predicted octanol–water partition coefficient (Wildman–Crippen LogP) is 4.90. The quantitative estimate of drug-likeness (QED) is 0.361. The monoisotopic (exact) mass is 480 g/mol. The van der Waals surface area contributed by atoms with Gasteiger partial charge in [-0.15, -0.1) is 11.8 Å². The average molecular weight is 481 g/mol. The molecule has 33 heavy (non-hydrogen) atoms. The highest BCUT2D eigenvalue weighted by atomic mass is 32.2. The Kier molecular flexibility index (Phi) is 7.10. The molecule has 0 spiro atoms. The van der Waals surface area contributed by atoms with E-state index in [0.717, 1.165) is 16.3 Å². The summed E-state index contributed by atoms with van der Waals surface area (Å²) >= 11 is 2.96. The number of hydrogen-bond donors (Lipinski definition) is 1. The third-order valence-electron chi connectivity index (χ3n) is 4.79. The molecule has 1 amide bonds. The van der Waals surface area contributed by atoms with E-state index in [9.17, 15) is 9.59 Å². The van der Waals surface area contributed by atoms with Crippen LogP contribution in [-0.4, -0.2) is 27.6 Å². The molecule has 0 atom stereocenters. The van der Waals surface area contributed by atoms with Crippen LogP contribution in [0.1, 0.15) is 34.9 Å². The Bertz CT molecular complexity index is 1350. The molecule has 1 N–H and O–H groups in total. The van der Waals surface area contributed by atoms with Gasteiger partial charge < -0.3 is 10.1 Å². The van der Waals surface area contributed by atoms with E-state index in [2.05, 4.69) is 29.2 Å². The first-order valence-electron chi connectivity index (χ1n) is 10.5. The number of thioether (sulfide) groups is 1. The molecule has 9 heteroatoms. The number of carbonyl (C=O) groups is 1. The van der Waals surface area contributed by atoms with Crippen LogP contribution in [0.25, 0.3) is 4.96 Å². The zero-order chi connectivity index (χ0) is 23.4. The highest BCUT2D eigenvalue weighted by Crippen LogP contribution is 2.30. The summed E-state index contributed by atoms with van der Waals surface area (Å²) < 4.78 is 6.67. The fourth-order valence-corrected chi connectivity index (χ4v) is 5.30. The number of ether oxygens (including phenoxy) is 1. The second kappa shape index (κ2) is 10.2. The maximum absolute atomic E-state index is 12.8. The van der Waals surface area contributed by atoms with E-state index < -0.39 is 0 Å². The van der Waals surface area contributed by atoms with Crippen LogP contribution in [0.2, 0.25) is 0 Å². The van der Waals surface area contributed by atoms with E-state index in [0.29, 0.717) is 39.3 Å². The van der Waals surface area contributed by atoms with Crippen molar-refractivity contribution in [3.05, 3.63) is 81.2 Å². The molecule has 0 aliphatic rings. The molecule has 170 valence electrons. The minimum Gasteiger partial charge on any atom is -0.496 e. The van der Waals surface area contributed by atoms with Crippen LogP contribution in [-0.2, 0) is 12.2 Å². The normalized spacial score (nSPS) is 11.2. The van der Waals surface area contributed by atoms with Gasteiger partial charge in [0.25, 0.3) is 11.5 Å². The minimum atomic E-state index is -0.249. The highest BCUT2D eigenvalue weighted by Gasteiger charge is 2.15. The predicted molar refractivity (Wildman–Crippen MR) is 133 cm³/mol. The number of anilines is 1. The molecule has 2 heterocycles. The first-order chi connectivity index (χ1) is 15.9. The number of nitrogens with one attached hydrogen (secondary N) is 1. The van der Waals surface area contributed by atoms with Crippen molar-refractivity contribution in [3.63, 3.8) is 0 Å². The van der Waals surface area contributed by atoms with Crippen LogP contribution in [0, 0.1) is 5.92 Å². The fourth-order valence-electron chi connectivity index (χ4n) is 3.27. The van der Waals surface area contributed by atoms with Crippen molar-refractivity contribution in [2.45, 2.75) is 30.9 Å². The van der Waals surface area contributed by atoms with E-state index >= 15 is 0 Å². The first-order valence-corrected chi connectivity index (χ1v) is 12.3. The summed E-state index contributed by atoms with van der Waals surface area (Å²) in [6.07, 6.45) is 0.816. The molecule has 0 aliphatic carbocycles. The molecule has 0 unspecified atom stereocenters. The van der Waals surface area contributed by atoms with Gasteiger partial charge in [-0.1, -0.05) is 49.4 Å². The molecule has 0 fully saturated rings. The van der Waals surface area contributed by atoms with E-state index in [1.165, 1.54) is 40.8 Å². The van der Waals surface area contributed by atoms with E-state index in [4.69, 9.17) is 4.74 Å². The van der Waals surface area contributed by atoms with Gasteiger partial charge in [0.1, 0.15) is 10.8 Å². The van der Waals surface area contributed by atoms with Crippen molar-refractivity contribution < 1.29 is 9.53 Å². The Balaban J connectivity index is 1.52. The van der Waals surface area contributed by atoms with Crippen LogP contribution in [0.5, 0.6) is 5.75 Å². The number of amides is 1. The summed E-state index contributed by atoms with van der Waals surface area (Å²) in [6.45, 7) is 4.24. The summed E-state index contributed by atoms with van der Waals surface area (Å²) in [4.78, 5) is 31.5. The van der Waals surface area contributed by atoms with Gasteiger partial charge in [-0.05, 0) is 30.2 Å². The van der Waals surface area contributed by atoms with Gasteiger partial charge in [0.05, 0.1) is 24.1 Å². The third-order valence-corrected chi connectivity index (χ3v) is 6.82. The zero-order valence-corrected chi connectivity index (χ0v) is 20.2. The van der Waals surface area contributed by atoms with Crippen molar-refractivity contribution in [2.24, 2.45) is 5.92 Å². The highest BCUT2D eigenvalue weighted by molar-refractivity contribution is 7.98. The number of nitrogens with zero attached hydrogens (tertiary/aromatic N) is 3. The van der Waals surface area contributed by atoms with Crippen molar-refractivity contribution in [1.82, 2.24) is 14.6 Å². The molecule has 2 aromatic heterocycles. The molecule has 0 radical (unpaired) electrons. The lowest BCUT2D eigenvalue weighted by atomic mass is 10.1. The Labute approximate surface area is 199 Å². The van der Waals surface area contributed by atoms with E-state index in [1.54, 1.807) is 18.2 Å². The number of rotatable bonds is 8. The average Bonchev–Trinajstić information content (AvgIpc) is 3.20. The molecular formula is C24H24N4O3S2. The summed E-state index contributed by atoms with van der Waals surface area (Å²) in [5.41, 5.74) is 1.64. The Hall–Kier alpha value is -3.17. The Morgan fingerprint density at radius 1 is 1.18 bits per heavy atom. The summed E-state index contributed by atoms with van der Waals surface area (Å²) in [5, 5.41) is 8.27. The lowest BCUT2D eigenvalue weighted by molar-refractivity contribution is 0.102.